The van der Waals surface area contributed by atoms with Gasteiger partial charge in [0.05, 0.1) is 31.9 Å². The lowest BCUT2D eigenvalue weighted by molar-refractivity contribution is -0.145. The molecule has 0 radical (unpaired) electrons. The van der Waals surface area contributed by atoms with Crippen molar-refractivity contribution in [1.82, 2.24) is 14.7 Å². The summed E-state index contributed by atoms with van der Waals surface area (Å²) in [6, 6.07) is 0. The summed E-state index contributed by atoms with van der Waals surface area (Å²) in [6.07, 6.45) is 1.35. The first kappa shape index (κ1) is 14.3. The van der Waals surface area contributed by atoms with Gasteiger partial charge in [-0.3, -0.25) is 14.3 Å². The zero-order valence-corrected chi connectivity index (χ0v) is 11.5. The van der Waals surface area contributed by atoms with Gasteiger partial charge in [0.25, 0.3) is 5.91 Å². The third-order valence-electron chi connectivity index (χ3n) is 3.11. The molecule has 1 unspecified atom stereocenters. The average Bonchev–Trinajstić information content (AvgIpc) is 2.77. The van der Waals surface area contributed by atoms with E-state index < -0.39 is 0 Å². The Morgan fingerprint density at radius 3 is 2.95 bits per heavy atom. The van der Waals surface area contributed by atoms with E-state index in [1.54, 1.807) is 18.1 Å². The lowest BCUT2D eigenvalue weighted by atomic mass is 10.2. The van der Waals surface area contributed by atoms with Gasteiger partial charge in [-0.15, -0.1) is 0 Å². The highest BCUT2D eigenvalue weighted by atomic mass is 16.5. The van der Waals surface area contributed by atoms with Crippen LogP contribution in [0.5, 0.6) is 0 Å². The Hall–Kier alpha value is -2.09. The predicted molar refractivity (Wildman–Crippen MR) is 69.9 cm³/mol. The number of methoxy groups -OCH3 is 1. The molecule has 1 aliphatic rings. The molecule has 2 N–H and O–H groups in total. The minimum Gasteiger partial charge on any atom is -0.469 e. The summed E-state index contributed by atoms with van der Waals surface area (Å²) >= 11 is 0. The molecule has 1 fully saturated rings. The van der Waals surface area contributed by atoms with Crippen LogP contribution in [0.1, 0.15) is 16.9 Å². The van der Waals surface area contributed by atoms with E-state index in [2.05, 4.69) is 9.84 Å². The van der Waals surface area contributed by atoms with Gasteiger partial charge in [-0.1, -0.05) is 0 Å². The van der Waals surface area contributed by atoms with E-state index in [0.29, 0.717) is 25.4 Å². The maximum atomic E-state index is 12.3. The summed E-state index contributed by atoms with van der Waals surface area (Å²) in [5.41, 5.74) is 6.32. The number of hydrogen-bond acceptors (Lipinski definition) is 6. The molecule has 2 rings (SSSR count). The van der Waals surface area contributed by atoms with Crippen molar-refractivity contribution in [2.45, 2.75) is 12.5 Å². The molecular weight excluding hydrogens is 264 g/mol. The number of ether oxygens (including phenoxy) is 2. The number of rotatable bonds is 3. The molecule has 8 nitrogen and oxygen atoms in total. The second-order valence-corrected chi connectivity index (χ2v) is 4.63. The minimum atomic E-state index is -0.360. The van der Waals surface area contributed by atoms with Gasteiger partial charge in [0, 0.05) is 26.3 Å². The third kappa shape index (κ3) is 3.08. The summed E-state index contributed by atoms with van der Waals surface area (Å²) in [7, 11) is 3.02. The van der Waals surface area contributed by atoms with Crippen molar-refractivity contribution in [2.75, 3.05) is 32.5 Å². The van der Waals surface area contributed by atoms with Gasteiger partial charge in [0.2, 0.25) is 0 Å². The Bertz CT molecular complexity index is 514. The van der Waals surface area contributed by atoms with Gasteiger partial charge in [0.1, 0.15) is 0 Å². The minimum absolute atomic E-state index is 0.123. The van der Waals surface area contributed by atoms with Crippen molar-refractivity contribution in [1.29, 1.82) is 0 Å². The van der Waals surface area contributed by atoms with Crippen LogP contribution in [0.15, 0.2) is 6.20 Å². The number of aryl methyl sites for hydroxylation is 1. The number of nitrogens with zero attached hydrogens (tertiary/aromatic N) is 3. The SMILES string of the molecule is COC(=O)CC1CN(C(=O)c2nn(C)cc2N)CCO1. The van der Waals surface area contributed by atoms with E-state index in [-0.39, 0.29) is 30.1 Å². The maximum absolute atomic E-state index is 12.3. The van der Waals surface area contributed by atoms with Crippen molar-refractivity contribution in [3.63, 3.8) is 0 Å². The number of nitrogen functional groups attached to an aromatic ring is 1. The van der Waals surface area contributed by atoms with Crippen LogP contribution in [-0.2, 0) is 21.3 Å². The molecule has 0 saturated carbocycles. The van der Waals surface area contributed by atoms with Gasteiger partial charge in [0.15, 0.2) is 5.69 Å². The molecule has 8 heteroatoms. The van der Waals surface area contributed by atoms with Crippen LogP contribution in [0, 0.1) is 0 Å². The number of amides is 1. The predicted octanol–water partition coefficient (Wildman–Crippen LogP) is -0.594. The smallest absolute Gasteiger partial charge is 0.308 e. The molecule has 0 aliphatic carbocycles. The molecule has 110 valence electrons. The van der Waals surface area contributed by atoms with Crippen LogP contribution < -0.4 is 5.73 Å². The standard InChI is InChI=1S/C12H18N4O4/c1-15-7-9(13)11(14-15)12(18)16-3-4-20-8(6-16)5-10(17)19-2/h7-8H,3-6,13H2,1-2H3. The first-order chi connectivity index (χ1) is 9.51. The number of esters is 1. The molecule has 1 aromatic heterocycles. The van der Waals surface area contributed by atoms with Crippen LogP contribution in [0.4, 0.5) is 5.69 Å². The molecule has 1 amide bonds. The topological polar surface area (TPSA) is 99.7 Å². The normalized spacial score (nSPS) is 18.9. The lowest BCUT2D eigenvalue weighted by Crippen LogP contribution is -2.46. The molecule has 20 heavy (non-hydrogen) atoms. The van der Waals surface area contributed by atoms with E-state index in [0.717, 1.165) is 0 Å². The molecule has 0 spiro atoms. The Balaban J connectivity index is 2.03. The summed E-state index contributed by atoms with van der Waals surface area (Å²) in [5.74, 6) is -0.608. The van der Waals surface area contributed by atoms with Gasteiger partial charge in [-0.2, -0.15) is 5.10 Å². The monoisotopic (exact) mass is 282 g/mol. The highest BCUT2D eigenvalue weighted by Gasteiger charge is 2.29. The maximum Gasteiger partial charge on any atom is 0.308 e. The van der Waals surface area contributed by atoms with Crippen LogP contribution in [0.25, 0.3) is 0 Å². The van der Waals surface area contributed by atoms with Crippen LogP contribution in [0.2, 0.25) is 0 Å². The fraction of sp³-hybridized carbons (Fsp3) is 0.583. The van der Waals surface area contributed by atoms with Crippen molar-refractivity contribution < 1.29 is 19.1 Å². The van der Waals surface area contributed by atoms with E-state index in [4.69, 9.17) is 10.5 Å². The molecule has 1 saturated heterocycles. The zero-order valence-electron chi connectivity index (χ0n) is 11.5. The van der Waals surface area contributed by atoms with Crippen molar-refractivity contribution in [2.24, 2.45) is 7.05 Å². The number of hydrogen-bond donors (Lipinski definition) is 1. The molecule has 1 aliphatic heterocycles. The average molecular weight is 282 g/mol. The Kier molecular flexibility index (Phi) is 4.23. The fourth-order valence-corrected chi connectivity index (χ4v) is 2.12. The van der Waals surface area contributed by atoms with Gasteiger partial charge in [-0.05, 0) is 0 Å². The van der Waals surface area contributed by atoms with Crippen molar-refractivity contribution in [3.8, 4) is 0 Å². The number of nitrogens with two attached hydrogens (primary N) is 1. The van der Waals surface area contributed by atoms with Crippen molar-refractivity contribution >= 4 is 17.6 Å². The van der Waals surface area contributed by atoms with Crippen molar-refractivity contribution in [3.05, 3.63) is 11.9 Å². The number of anilines is 1. The summed E-state index contributed by atoms with van der Waals surface area (Å²) in [4.78, 5) is 25.2. The van der Waals surface area contributed by atoms with E-state index >= 15 is 0 Å². The highest BCUT2D eigenvalue weighted by molar-refractivity contribution is 5.97. The Morgan fingerprint density at radius 2 is 2.35 bits per heavy atom. The number of carbonyl (C=O) groups is 2. The van der Waals surface area contributed by atoms with E-state index in [9.17, 15) is 9.59 Å². The Labute approximate surface area is 116 Å². The fourth-order valence-electron chi connectivity index (χ4n) is 2.12. The molecule has 0 bridgehead atoms. The number of carbonyl (C=O) groups excluding carboxylic acids is 2. The summed E-state index contributed by atoms with van der Waals surface area (Å²) < 4.78 is 11.5. The largest absolute Gasteiger partial charge is 0.469 e. The third-order valence-corrected chi connectivity index (χ3v) is 3.11. The van der Waals surface area contributed by atoms with E-state index in [1.807, 2.05) is 0 Å². The molecular formula is C12H18N4O4. The second kappa shape index (κ2) is 5.91. The second-order valence-electron chi connectivity index (χ2n) is 4.63. The molecule has 2 heterocycles. The first-order valence-electron chi connectivity index (χ1n) is 6.28. The lowest BCUT2D eigenvalue weighted by Gasteiger charge is -2.32. The summed E-state index contributed by atoms with van der Waals surface area (Å²) in [5, 5.41) is 4.06. The zero-order chi connectivity index (χ0) is 14.7. The van der Waals surface area contributed by atoms with Gasteiger partial charge in [-0.25, -0.2) is 0 Å². The highest BCUT2D eigenvalue weighted by Crippen LogP contribution is 2.16. The first-order valence-corrected chi connectivity index (χ1v) is 6.28. The molecule has 0 aromatic carbocycles. The quantitative estimate of drug-likeness (QED) is 0.744. The van der Waals surface area contributed by atoms with Crippen LogP contribution >= 0.6 is 0 Å². The van der Waals surface area contributed by atoms with Gasteiger partial charge >= 0.3 is 5.97 Å². The van der Waals surface area contributed by atoms with Gasteiger partial charge < -0.3 is 20.1 Å². The van der Waals surface area contributed by atoms with Crippen LogP contribution in [0.3, 0.4) is 0 Å². The Morgan fingerprint density at radius 1 is 1.60 bits per heavy atom. The number of aromatic nitrogens is 2. The van der Waals surface area contributed by atoms with E-state index in [1.165, 1.54) is 11.8 Å². The number of morpholine rings is 1. The molecule has 1 atom stereocenters. The van der Waals surface area contributed by atoms with Crippen LogP contribution in [-0.4, -0.2) is 59.5 Å². The molecule has 1 aromatic rings. The summed E-state index contributed by atoms with van der Waals surface area (Å²) in [6.45, 7) is 1.15.